The van der Waals surface area contributed by atoms with Crippen LogP contribution in [0.15, 0.2) is 48.2 Å². The zero-order valence-corrected chi connectivity index (χ0v) is 14.2. The SMILES string of the molecule is Cc1cc(C(NC(=O)C(C)C)C2=CC=CC2)c(O)c2ncccc12. The minimum atomic E-state index is -0.347. The second-order valence-electron chi connectivity index (χ2n) is 6.50. The van der Waals surface area contributed by atoms with Crippen molar-refractivity contribution in [2.75, 3.05) is 0 Å². The van der Waals surface area contributed by atoms with Crippen molar-refractivity contribution in [3.8, 4) is 5.75 Å². The normalized spacial score (nSPS) is 14.9. The van der Waals surface area contributed by atoms with Crippen molar-refractivity contribution >= 4 is 16.8 Å². The van der Waals surface area contributed by atoms with Crippen LogP contribution in [-0.4, -0.2) is 16.0 Å². The number of phenols is 1. The smallest absolute Gasteiger partial charge is 0.223 e. The molecule has 0 bridgehead atoms. The number of carbonyl (C=O) groups is 1. The van der Waals surface area contributed by atoms with Gasteiger partial charge in [-0.1, -0.05) is 38.1 Å². The summed E-state index contributed by atoms with van der Waals surface area (Å²) in [5.41, 5.74) is 3.36. The van der Waals surface area contributed by atoms with Gasteiger partial charge in [0.2, 0.25) is 5.91 Å². The molecule has 1 aliphatic carbocycles. The average molecular weight is 322 g/mol. The van der Waals surface area contributed by atoms with E-state index in [9.17, 15) is 9.90 Å². The van der Waals surface area contributed by atoms with Gasteiger partial charge in [0.15, 0.2) is 0 Å². The van der Waals surface area contributed by atoms with Crippen molar-refractivity contribution in [2.24, 2.45) is 5.92 Å². The Balaban J connectivity index is 2.12. The lowest BCUT2D eigenvalue weighted by Gasteiger charge is -2.24. The van der Waals surface area contributed by atoms with E-state index >= 15 is 0 Å². The van der Waals surface area contributed by atoms with Gasteiger partial charge in [-0.15, -0.1) is 0 Å². The van der Waals surface area contributed by atoms with E-state index in [1.807, 2.05) is 57.2 Å². The molecule has 1 aromatic heterocycles. The van der Waals surface area contributed by atoms with Crippen LogP contribution in [0, 0.1) is 12.8 Å². The number of hydrogen-bond acceptors (Lipinski definition) is 3. The third kappa shape index (κ3) is 2.92. The molecule has 0 fully saturated rings. The quantitative estimate of drug-likeness (QED) is 0.896. The summed E-state index contributed by atoms with van der Waals surface area (Å²) in [7, 11) is 0. The van der Waals surface area contributed by atoms with E-state index in [4.69, 9.17) is 0 Å². The molecule has 124 valence electrons. The lowest BCUT2D eigenvalue weighted by atomic mass is 9.93. The third-order valence-corrected chi connectivity index (χ3v) is 4.40. The summed E-state index contributed by atoms with van der Waals surface area (Å²) in [6, 6.07) is 5.40. The molecule has 2 aromatic rings. The number of hydrogen-bond donors (Lipinski definition) is 2. The van der Waals surface area contributed by atoms with Gasteiger partial charge in [-0.3, -0.25) is 9.78 Å². The minimum absolute atomic E-state index is 0.0361. The van der Waals surface area contributed by atoms with Crippen molar-refractivity contribution in [3.05, 3.63) is 59.3 Å². The number of benzene rings is 1. The molecule has 4 nitrogen and oxygen atoms in total. The first-order chi connectivity index (χ1) is 11.5. The summed E-state index contributed by atoms with van der Waals surface area (Å²) in [6.07, 6.45) is 8.47. The van der Waals surface area contributed by atoms with Gasteiger partial charge in [0.05, 0.1) is 6.04 Å². The fraction of sp³-hybridized carbons (Fsp3) is 0.300. The molecule has 0 aliphatic heterocycles. The van der Waals surface area contributed by atoms with Gasteiger partial charge >= 0.3 is 0 Å². The summed E-state index contributed by atoms with van der Waals surface area (Å²) in [5, 5.41) is 14.8. The van der Waals surface area contributed by atoms with Gasteiger partial charge in [-0.25, -0.2) is 0 Å². The van der Waals surface area contributed by atoms with Gasteiger partial charge < -0.3 is 10.4 Å². The third-order valence-electron chi connectivity index (χ3n) is 4.40. The highest BCUT2D eigenvalue weighted by Gasteiger charge is 2.25. The number of fused-ring (bicyclic) bond motifs is 1. The van der Waals surface area contributed by atoms with Crippen molar-refractivity contribution in [1.82, 2.24) is 10.3 Å². The maximum absolute atomic E-state index is 12.3. The molecule has 2 N–H and O–H groups in total. The first kappa shape index (κ1) is 16.2. The Morgan fingerprint density at radius 3 is 2.83 bits per heavy atom. The van der Waals surface area contributed by atoms with Gasteiger partial charge in [0.1, 0.15) is 11.3 Å². The summed E-state index contributed by atoms with van der Waals surface area (Å²) in [5.74, 6) is -0.0201. The fourth-order valence-corrected chi connectivity index (χ4v) is 3.01. The maximum Gasteiger partial charge on any atom is 0.223 e. The van der Waals surface area contributed by atoms with Crippen molar-refractivity contribution in [2.45, 2.75) is 33.2 Å². The van der Waals surface area contributed by atoms with E-state index in [1.54, 1.807) is 6.20 Å². The summed E-state index contributed by atoms with van der Waals surface area (Å²) < 4.78 is 0. The van der Waals surface area contributed by atoms with Gasteiger partial charge in [0, 0.05) is 23.1 Å². The van der Waals surface area contributed by atoms with Crippen LogP contribution < -0.4 is 5.32 Å². The van der Waals surface area contributed by atoms with E-state index in [0.717, 1.165) is 22.9 Å². The van der Waals surface area contributed by atoms with Crippen LogP contribution in [0.1, 0.15) is 37.4 Å². The monoisotopic (exact) mass is 322 g/mol. The fourth-order valence-electron chi connectivity index (χ4n) is 3.01. The predicted octanol–water partition coefficient (Wildman–Crippen LogP) is 3.95. The van der Waals surface area contributed by atoms with Crippen LogP contribution in [-0.2, 0) is 4.79 Å². The maximum atomic E-state index is 12.3. The van der Waals surface area contributed by atoms with Crippen LogP contribution in [0.2, 0.25) is 0 Å². The molecule has 0 spiro atoms. The number of rotatable bonds is 4. The molecule has 1 unspecified atom stereocenters. The molecule has 4 heteroatoms. The molecule has 3 rings (SSSR count). The van der Waals surface area contributed by atoms with Crippen LogP contribution >= 0.6 is 0 Å². The van der Waals surface area contributed by atoms with Gasteiger partial charge in [-0.2, -0.15) is 0 Å². The highest BCUT2D eigenvalue weighted by molar-refractivity contribution is 5.89. The number of carbonyl (C=O) groups excluding carboxylic acids is 1. The lowest BCUT2D eigenvalue weighted by Crippen LogP contribution is -2.32. The van der Waals surface area contributed by atoms with E-state index in [1.165, 1.54) is 0 Å². The Labute approximate surface area is 141 Å². The summed E-state index contributed by atoms with van der Waals surface area (Å²) in [6.45, 7) is 5.72. The Bertz CT molecular complexity index is 850. The standard InChI is InChI=1S/C20H22N2O2/c1-12(2)20(24)22-17(14-7-4-5-8-14)16-11-13(3)15-9-6-10-21-18(15)19(16)23/h4-7,9-12,17,23H,8H2,1-3H3,(H,22,24). The molecule has 24 heavy (non-hydrogen) atoms. The predicted molar refractivity (Wildman–Crippen MR) is 95.7 cm³/mol. The number of phenolic OH excluding ortho intramolecular Hbond substituents is 1. The number of aromatic nitrogens is 1. The van der Waals surface area contributed by atoms with Crippen molar-refractivity contribution in [1.29, 1.82) is 0 Å². The number of nitrogens with zero attached hydrogens (tertiary/aromatic N) is 1. The van der Waals surface area contributed by atoms with E-state index in [-0.39, 0.29) is 23.6 Å². The lowest BCUT2D eigenvalue weighted by molar-refractivity contribution is -0.124. The average Bonchev–Trinajstić information content (AvgIpc) is 3.10. The first-order valence-electron chi connectivity index (χ1n) is 8.22. The number of pyridine rings is 1. The van der Waals surface area contributed by atoms with Gasteiger partial charge in [-0.05, 0) is 36.6 Å². The Hall–Kier alpha value is -2.62. The Kier molecular flexibility index (Phi) is 4.38. The van der Waals surface area contributed by atoms with E-state index in [0.29, 0.717) is 11.1 Å². The molecule has 1 aromatic carbocycles. The zero-order chi connectivity index (χ0) is 17.3. The molecule has 1 amide bonds. The second kappa shape index (κ2) is 6.48. The van der Waals surface area contributed by atoms with Crippen LogP contribution in [0.4, 0.5) is 0 Å². The van der Waals surface area contributed by atoms with E-state index in [2.05, 4.69) is 10.3 Å². The molecule has 1 heterocycles. The number of amides is 1. The summed E-state index contributed by atoms with van der Waals surface area (Å²) >= 11 is 0. The molecule has 0 radical (unpaired) electrons. The second-order valence-corrected chi connectivity index (χ2v) is 6.50. The number of aryl methyl sites for hydroxylation is 1. The Morgan fingerprint density at radius 2 is 2.17 bits per heavy atom. The molecule has 1 atom stereocenters. The molecule has 1 aliphatic rings. The van der Waals surface area contributed by atoms with Crippen molar-refractivity contribution < 1.29 is 9.90 Å². The molecule has 0 saturated carbocycles. The highest BCUT2D eigenvalue weighted by Crippen LogP contribution is 2.38. The first-order valence-corrected chi connectivity index (χ1v) is 8.22. The van der Waals surface area contributed by atoms with E-state index < -0.39 is 0 Å². The molecular weight excluding hydrogens is 300 g/mol. The van der Waals surface area contributed by atoms with Crippen LogP contribution in [0.5, 0.6) is 5.75 Å². The van der Waals surface area contributed by atoms with Crippen LogP contribution in [0.3, 0.4) is 0 Å². The molecular formula is C20H22N2O2. The van der Waals surface area contributed by atoms with Crippen LogP contribution in [0.25, 0.3) is 10.9 Å². The van der Waals surface area contributed by atoms with Gasteiger partial charge in [0.25, 0.3) is 0 Å². The zero-order valence-electron chi connectivity index (χ0n) is 14.2. The number of aromatic hydroxyl groups is 1. The molecule has 0 saturated heterocycles. The minimum Gasteiger partial charge on any atom is -0.505 e. The number of allylic oxidation sites excluding steroid dienone is 3. The number of nitrogens with one attached hydrogen (secondary N) is 1. The highest BCUT2D eigenvalue weighted by atomic mass is 16.3. The summed E-state index contributed by atoms with van der Waals surface area (Å²) in [4.78, 5) is 16.6. The Morgan fingerprint density at radius 1 is 1.38 bits per heavy atom. The largest absolute Gasteiger partial charge is 0.505 e. The van der Waals surface area contributed by atoms with Crippen molar-refractivity contribution in [3.63, 3.8) is 0 Å². The topological polar surface area (TPSA) is 62.2 Å².